The number of hydrogen-bond donors (Lipinski definition) is 2. The maximum Gasteiger partial charge on any atom is 0.337 e. The van der Waals surface area contributed by atoms with Crippen molar-refractivity contribution in [3.05, 3.63) is 64.7 Å². The summed E-state index contributed by atoms with van der Waals surface area (Å²) in [5.41, 5.74) is 0.900. The molecule has 0 aromatic heterocycles. The highest BCUT2D eigenvalue weighted by Gasteiger charge is 2.34. The Hall–Kier alpha value is -1.97. The summed E-state index contributed by atoms with van der Waals surface area (Å²) in [6.07, 6.45) is -1.11. The Morgan fingerprint density at radius 3 is 2.18 bits per heavy atom. The Morgan fingerprint density at radius 1 is 1.14 bits per heavy atom. The summed E-state index contributed by atoms with van der Waals surface area (Å²) >= 11 is 5.84. The van der Waals surface area contributed by atoms with E-state index in [2.05, 4.69) is 4.74 Å². The van der Waals surface area contributed by atoms with Crippen LogP contribution in [-0.2, 0) is 21.3 Å². The number of aliphatic hydroxyl groups is 2. The second-order valence-corrected chi connectivity index (χ2v) is 8.51. The quantitative estimate of drug-likeness (QED) is 0.625. The Balaban J connectivity index is 2.42. The van der Waals surface area contributed by atoms with Gasteiger partial charge in [0.1, 0.15) is 0 Å². The Labute approximate surface area is 169 Å². The van der Waals surface area contributed by atoms with Crippen molar-refractivity contribution in [2.24, 2.45) is 0 Å². The van der Waals surface area contributed by atoms with Gasteiger partial charge < -0.3 is 14.9 Å². The third kappa shape index (κ3) is 5.09. The zero-order valence-corrected chi connectivity index (χ0v) is 17.0. The van der Waals surface area contributed by atoms with Crippen LogP contribution in [0.4, 0.5) is 0 Å². The maximum absolute atomic E-state index is 13.2. The predicted molar refractivity (Wildman–Crippen MR) is 105 cm³/mol. The molecule has 0 unspecified atom stereocenters. The first-order valence-electron chi connectivity index (χ1n) is 8.44. The maximum atomic E-state index is 13.2. The number of esters is 1. The first-order chi connectivity index (χ1) is 13.2. The summed E-state index contributed by atoms with van der Waals surface area (Å²) in [5.74, 6) is -0.505. The van der Waals surface area contributed by atoms with Gasteiger partial charge in [-0.25, -0.2) is 13.2 Å². The van der Waals surface area contributed by atoms with E-state index in [4.69, 9.17) is 11.6 Å². The number of halogens is 1. The minimum atomic E-state index is -4.04. The number of benzene rings is 2. The molecule has 0 aliphatic carbocycles. The van der Waals surface area contributed by atoms with Crippen molar-refractivity contribution in [3.8, 4) is 0 Å². The molecule has 2 atom stereocenters. The number of ether oxygens (including phenoxy) is 1. The number of nitrogens with zero attached hydrogens (tertiary/aromatic N) is 1. The molecule has 0 radical (unpaired) electrons. The molecular weight excluding hydrogens is 406 g/mol. The first kappa shape index (κ1) is 22.3. The van der Waals surface area contributed by atoms with Crippen molar-refractivity contribution in [3.63, 3.8) is 0 Å². The smallest absolute Gasteiger partial charge is 0.337 e. The van der Waals surface area contributed by atoms with E-state index < -0.39 is 34.7 Å². The van der Waals surface area contributed by atoms with Gasteiger partial charge in [0.15, 0.2) is 0 Å². The van der Waals surface area contributed by atoms with E-state index in [-0.39, 0.29) is 11.4 Å². The largest absolute Gasteiger partial charge is 0.465 e. The van der Waals surface area contributed by atoms with Crippen LogP contribution < -0.4 is 0 Å². The van der Waals surface area contributed by atoms with E-state index in [0.29, 0.717) is 16.1 Å². The first-order valence-corrected chi connectivity index (χ1v) is 10.3. The monoisotopic (exact) mass is 427 g/mol. The Bertz CT molecular complexity index is 897. The lowest BCUT2D eigenvalue weighted by Crippen LogP contribution is -2.47. The molecule has 9 heteroatoms. The minimum Gasteiger partial charge on any atom is -0.465 e. The number of sulfonamides is 1. The van der Waals surface area contributed by atoms with Crippen molar-refractivity contribution in [1.29, 1.82) is 0 Å². The van der Waals surface area contributed by atoms with E-state index in [0.717, 1.165) is 4.31 Å². The van der Waals surface area contributed by atoms with Crippen molar-refractivity contribution in [2.45, 2.75) is 30.5 Å². The average Bonchev–Trinajstić information content (AvgIpc) is 2.67. The lowest BCUT2D eigenvalue weighted by Gasteiger charge is -2.31. The van der Waals surface area contributed by atoms with Crippen molar-refractivity contribution < 1.29 is 28.2 Å². The molecular formula is C19H22ClNO6S. The fourth-order valence-corrected chi connectivity index (χ4v) is 4.45. The molecule has 2 aromatic rings. The molecule has 0 spiro atoms. The van der Waals surface area contributed by atoms with Crippen LogP contribution in [0.15, 0.2) is 53.4 Å². The predicted octanol–water partition coefficient (Wildman–Crippen LogP) is 2.06. The Morgan fingerprint density at radius 2 is 1.71 bits per heavy atom. The van der Waals surface area contributed by atoms with Gasteiger partial charge >= 0.3 is 5.97 Å². The number of hydrogen-bond acceptors (Lipinski definition) is 6. The van der Waals surface area contributed by atoms with E-state index in [1.54, 1.807) is 12.1 Å². The Kier molecular flexibility index (Phi) is 7.56. The van der Waals surface area contributed by atoms with Crippen LogP contribution in [0, 0.1) is 0 Å². The van der Waals surface area contributed by atoms with E-state index in [1.165, 1.54) is 50.4 Å². The third-order valence-corrected chi connectivity index (χ3v) is 6.38. The molecule has 0 saturated heterocycles. The number of carbonyl (C=O) groups is 1. The van der Waals surface area contributed by atoms with Gasteiger partial charge in [0.2, 0.25) is 10.0 Å². The molecule has 2 aromatic carbocycles. The van der Waals surface area contributed by atoms with Gasteiger partial charge in [-0.1, -0.05) is 23.7 Å². The van der Waals surface area contributed by atoms with Crippen LogP contribution in [0.3, 0.4) is 0 Å². The number of carbonyl (C=O) groups excluding carboxylic acids is 1. The number of methoxy groups -OCH3 is 1. The molecule has 0 saturated carbocycles. The second-order valence-electron chi connectivity index (χ2n) is 6.18. The van der Waals surface area contributed by atoms with Gasteiger partial charge in [-0.2, -0.15) is 4.31 Å². The fraction of sp³-hybridized carbons (Fsp3) is 0.316. The molecule has 0 fully saturated rings. The highest BCUT2D eigenvalue weighted by molar-refractivity contribution is 7.89. The van der Waals surface area contributed by atoms with Crippen LogP contribution in [0.25, 0.3) is 0 Å². The number of rotatable bonds is 8. The van der Waals surface area contributed by atoms with Crippen LogP contribution in [-0.4, -0.2) is 54.8 Å². The molecule has 2 N–H and O–H groups in total. The summed E-state index contributed by atoms with van der Waals surface area (Å²) < 4.78 is 32.0. The summed E-state index contributed by atoms with van der Waals surface area (Å²) in [4.78, 5) is 11.5. The molecule has 28 heavy (non-hydrogen) atoms. The van der Waals surface area contributed by atoms with Crippen molar-refractivity contribution in [1.82, 2.24) is 4.31 Å². The van der Waals surface area contributed by atoms with Crippen LogP contribution >= 0.6 is 11.6 Å². The lowest BCUT2D eigenvalue weighted by molar-refractivity contribution is 0.0600. The number of aliphatic hydroxyl groups excluding tert-OH is 2. The topological polar surface area (TPSA) is 104 Å². The van der Waals surface area contributed by atoms with Crippen LogP contribution in [0.1, 0.15) is 22.8 Å². The zero-order valence-electron chi connectivity index (χ0n) is 15.4. The van der Waals surface area contributed by atoms with Crippen LogP contribution in [0.5, 0.6) is 0 Å². The average molecular weight is 428 g/mol. The summed E-state index contributed by atoms with van der Waals surface area (Å²) in [6.45, 7) is 0.735. The highest BCUT2D eigenvalue weighted by atomic mass is 35.5. The summed E-state index contributed by atoms with van der Waals surface area (Å²) in [5, 5.41) is 20.1. The van der Waals surface area contributed by atoms with Gasteiger partial charge in [-0.05, 0) is 48.9 Å². The molecule has 2 rings (SSSR count). The summed E-state index contributed by atoms with van der Waals surface area (Å²) in [7, 11) is -2.77. The fourth-order valence-electron chi connectivity index (χ4n) is 2.65. The molecule has 0 aliphatic heterocycles. The molecule has 0 heterocycles. The van der Waals surface area contributed by atoms with Crippen LogP contribution in [0.2, 0.25) is 5.02 Å². The highest BCUT2D eigenvalue weighted by Crippen LogP contribution is 2.24. The zero-order chi connectivity index (χ0) is 20.9. The minimum absolute atomic E-state index is 0.0119. The van der Waals surface area contributed by atoms with E-state index in [1.807, 2.05) is 0 Å². The normalized spacial score (nSPS) is 13.9. The molecule has 0 bridgehead atoms. The molecule has 0 amide bonds. The molecule has 0 aliphatic rings. The molecule has 152 valence electrons. The van der Waals surface area contributed by atoms with Gasteiger partial charge in [-0.3, -0.25) is 0 Å². The van der Waals surface area contributed by atoms with Crippen molar-refractivity contribution >= 4 is 27.6 Å². The lowest BCUT2D eigenvalue weighted by atomic mass is 10.1. The van der Waals surface area contributed by atoms with Crippen molar-refractivity contribution in [2.75, 3.05) is 13.7 Å². The van der Waals surface area contributed by atoms with Gasteiger partial charge in [0, 0.05) is 11.6 Å². The van der Waals surface area contributed by atoms with Gasteiger partial charge in [0.05, 0.1) is 36.3 Å². The van der Waals surface area contributed by atoms with E-state index >= 15 is 0 Å². The van der Waals surface area contributed by atoms with Gasteiger partial charge in [0.25, 0.3) is 0 Å². The standard InChI is InChI=1S/C19H22ClNO6S/c1-13(23)18(12-22)21(28(25,26)17-9-7-16(20)8-10-17)11-14-3-5-15(6-4-14)19(24)27-2/h3-10,13,18,22-23H,11-12H2,1-2H3/t13-,18-/m1/s1. The second kappa shape index (κ2) is 9.49. The SMILES string of the molecule is COC(=O)c1ccc(CN([C@H](CO)[C@@H](C)O)S(=O)(=O)c2ccc(Cl)cc2)cc1. The van der Waals surface area contributed by atoms with Gasteiger partial charge in [-0.15, -0.1) is 0 Å². The molecule has 7 nitrogen and oxygen atoms in total. The third-order valence-electron chi connectivity index (χ3n) is 4.25. The summed E-state index contributed by atoms with van der Waals surface area (Å²) in [6, 6.07) is 10.8. The van der Waals surface area contributed by atoms with E-state index in [9.17, 15) is 23.4 Å².